The summed E-state index contributed by atoms with van der Waals surface area (Å²) in [5, 5.41) is 0. The summed E-state index contributed by atoms with van der Waals surface area (Å²) in [7, 11) is 0. The second-order valence-electron chi connectivity index (χ2n) is 4.98. The molecule has 2 heteroatoms. The average molecular weight is 249 g/mol. The number of benzene rings is 1. The Hall–Kier alpha value is -0.470. The van der Waals surface area contributed by atoms with Crippen LogP contribution in [0.4, 0.5) is 0 Å². The topological polar surface area (TPSA) is 3.24 Å². The summed E-state index contributed by atoms with van der Waals surface area (Å²) in [6.07, 6.45) is 5.26. The van der Waals surface area contributed by atoms with Gasteiger partial charge in [0, 0.05) is 6.54 Å². The molecular weight excluding hydrogens is 226 g/mol. The van der Waals surface area contributed by atoms with Crippen LogP contribution in [0.15, 0.2) is 30.3 Å². The maximum Gasteiger partial charge on any atom is 0.00507 e. The summed E-state index contributed by atoms with van der Waals surface area (Å²) < 4.78 is 0. The number of hydrogen-bond donors (Lipinski definition) is 1. The van der Waals surface area contributed by atoms with Gasteiger partial charge in [-0.3, -0.25) is 0 Å². The largest absolute Gasteiger partial charge is 0.303 e. The first-order valence-corrected chi connectivity index (χ1v) is 7.41. The summed E-state index contributed by atoms with van der Waals surface area (Å²) in [5.41, 5.74) is 1.52. The summed E-state index contributed by atoms with van der Waals surface area (Å²) in [4.78, 5) is 2.62. The van der Waals surface area contributed by atoms with Crippen molar-refractivity contribution in [3.63, 3.8) is 0 Å². The molecule has 1 nitrogen and oxygen atoms in total. The number of nitrogens with zero attached hydrogens (tertiary/aromatic N) is 1. The lowest BCUT2D eigenvalue weighted by atomic mass is 9.99. The van der Waals surface area contributed by atoms with E-state index in [1.807, 2.05) is 0 Å². The molecule has 1 heterocycles. The number of unbranched alkanes of at least 4 members (excludes halogenated alkanes) is 2. The van der Waals surface area contributed by atoms with Crippen molar-refractivity contribution in [3.05, 3.63) is 35.9 Å². The van der Waals surface area contributed by atoms with Crippen LogP contribution in [-0.2, 0) is 0 Å². The highest BCUT2D eigenvalue weighted by molar-refractivity contribution is 7.80. The van der Waals surface area contributed by atoms with Crippen LogP contribution in [0.3, 0.4) is 0 Å². The molecule has 0 radical (unpaired) electrons. The lowest BCUT2D eigenvalue weighted by Gasteiger charge is -2.15. The predicted molar refractivity (Wildman–Crippen MR) is 77.9 cm³/mol. The van der Waals surface area contributed by atoms with Crippen molar-refractivity contribution in [2.45, 2.75) is 31.6 Å². The molecule has 0 aliphatic carbocycles. The van der Waals surface area contributed by atoms with Crippen molar-refractivity contribution in [3.8, 4) is 0 Å². The van der Waals surface area contributed by atoms with Crippen LogP contribution in [0.25, 0.3) is 0 Å². The molecule has 1 aromatic rings. The lowest BCUT2D eigenvalue weighted by Crippen LogP contribution is -2.21. The fraction of sp³-hybridized carbons (Fsp3) is 0.600. The normalized spacial score (nSPS) is 20.9. The molecule has 0 bridgehead atoms. The Morgan fingerprint density at radius 2 is 1.94 bits per heavy atom. The van der Waals surface area contributed by atoms with Gasteiger partial charge in [0.25, 0.3) is 0 Å². The van der Waals surface area contributed by atoms with E-state index in [9.17, 15) is 0 Å². The molecule has 1 fully saturated rings. The van der Waals surface area contributed by atoms with Crippen LogP contribution in [0.1, 0.15) is 37.2 Å². The van der Waals surface area contributed by atoms with Crippen molar-refractivity contribution >= 4 is 12.6 Å². The molecule has 1 aromatic carbocycles. The standard InChI is InChI=1S/C15H23NS/c17-12-6-2-5-10-16-11-9-15(13-16)14-7-3-1-4-8-14/h1,3-4,7-8,15,17H,2,5-6,9-13H2. The summed E-state index contributed by atoms with van der Waals surface area (Å²) >= 11 is 4.25. The van der Waals surface area contributed by atoms with Gasteiger partial charge < -0.3 is 4.90 Å². The van der Waals surface area contributed by atoms with E-state index in [-0.39, 0.29) is 0 Å². The van der Waals surface area contributed by atoms with Gasteiger partial charge in [0.1, 0.15) is 0 Å². The number of thiol groups is 1. The minimum absolute atomic E-state index is 0.765. The molecule has 1 unspecified atom stereocenters. The molecule has 94 valence electrons. The zero-order valence-electron chi connectivity index (χ0n) is 10.5. The van der Waals surface area contributed by atoms with E-state index in [2.05, 4.69) is 47.9 Å². The number of hydrogen-bond acceptors (Lipinski definition) is 2. The first kappa shape index (κ1) is 13.0. The van der Waals surface area contributed by atoms with Gasteiger partial charge in [0.2, 0.25) is 0 Å². The molecule has 1 atom stereocenters. The van der Waals surface area contributed by atoms with Gasteiger partial charge in [-0.25, -0.2) is 0 Å². The van der Waals surface area contributed by atoms with Gasteiger partial charge in [-0.05, 0) is 49.6 Å². The third-order valence-corrected chi connectivity index (χ3v) is 3.99. The van der Waals surface area contributed by atoms with Gasteiger partial charge in [-0.1, -0.05) is 36.8 Å². The maximum atomic E-state index is 4.25. The van der Waals surface area contributed by atoms with Crippen molar-refractivity contribution < 1.29 is 0 Å². The quantitative estimate of drug-likeness (QED) is 0.596. The van der Waals surface area contributed by atoms with E-state index >= 15 is 0 Å². The third-order valence-electron chi connectivity index (χ3n) is 3.68. The monoisotopic (exact) mass is 249 g/mol. The Morgan fingerprint density at radius 1 is 1.12 bits per heavy atom. The Balaban J connectivity index is 1.72. The van der Waals surface area contributed by atoms with Crippen LogP contribution in [-0.4, -0.2) is 30.3 Å². The predicted octanol–water partition coefficient (Wildman–Crippen LogP) is 3.58. The maximum absolute atomic E-state index is 4.25. The molecule has 0 spiro atoms. The van der Waals surface area contributed by atoms with Crippen LogP contribution >= 0.6 is 12.6 Å². The lowest BCUT2D eigenvalue weighted by molar-refractivity contribution is 0.325. The first-order valence-electron chi connectivity index (χ1n) is 6.78. The highest BCUT2D eigenvalue weighted by Gasteiger charge is 2.22. The molecule has 0 aromatic heterocycles. The molecule has 1 aliphatic heterocycles. The SMILES string of the molecule is SCCCCCN1CCC(c2ccccc2)C1. The molecule has 1 saturated heterocycles. The molecule has 1 aliphatic rings. The van der Waals surface area contributed by atoms with E-state index in [4.69, 9.17) is 0 Å². The zero-order chi connectivity index (χ0) is 11.9. The van der Waals surface area contributed by atoms with E-state index < -0.39 is 0 Å². The van der Waals surface area contributed by atoms with Crippen molar-refractivity contribution in [1.29, 1.82) is 0 Å². The van der Waals surface area contributed by atoms with E-state index in [0.29, 0.717) is 0 Å². The molecule has 2 rings (SSSR count). The fourth-order valence-corrected chi connectivity index (χ4v) is 2.88. The fourth-order valence-electron chi connectivity index (χ4n) is 2.66. The Labute approximate surface area is 111 Å². The Morgan fingerprint density at radius 3 is 2.71 bits per heavy atom. The minimum Gasteiger partial charge on any atom is -0.303 e. The van der Waals surface area contributed by atoms with Crippen LogP contribution in [0.2, 0.25) is 0 Å². The van der Waals surface area contributed by atoms with Crippen LogP contribution in [0.5, 0.6) is 0 Å². The second kappa shape index (κ2) is 7.07. The third kappa shape index (κ3) is 4.04. The van der Waals surface area contributed by atoms with Crippen molar-refractivity contribution in [2.24, 2.45) is 0 Å². The molecule has 17 heavy (non-hydrogen) atoms. The molecule has 0 saturated carbocycles. The van der Waals surface area contributed by atoms with Gasteiger partial charge in [-0.15, -0.1) is 0 Å². The van der Waals surface area contributed by atoms with Crippen molar-refractivity contribution in [2.75, 3.05) is 25.4 Å². The van der Waals surface area contributed by atoms with Gasteiger partial charge >= 0.3 is 0 Å². The van der Waals surface area contributed by atoms with Crippen molar-refractivity contribution in [1.82, 2.24) is 4.90 Å². The second-order valence-corrected chi connectivity index (χ2v) is 5.43. The number of likely N-dealkylation sites (tertiary alicyclic amines) is 1. The molecule has 0 amide bonds. The van der Waals surface area contributed by atoms with E-state index in [1.165, 1.54) is 50.9 Å². The highest BCUT2D eigenvalue weighted by Crippen LogP contribution is 2.26. The highest BCUT2D eigenvalue weighted by atomic mass is 32.1. The summed E-state index contributed by atoms with van der Waals surface area (Å²) in [5.74, 6) is 1.80. The number of rotatable bonds is 6. The summed E-state index contributed by atoms with van der Waals surface area (Å²) in [6.45, 7) is 3.81. The van der Waals surface area contributed by atoms with E-state index in [0.717, 1.165) is 11.7 Å². The van der Waals surface area contributed by atoms with Gasteiger partial charge in [0.05, 0.1) is 0 Å². The zero-order valence-corrected chi connectivity index (χ0v) is 11.4. The van der Waals surface area contributed by atoms with Crippen LogP contribution in [0, 0.1) is 0 Å². The van der Waals surface area contributed by atoms with E-state index in [1.54, 1.807) is 0 Å². The Kier molecular flexibility index (Phi) is 5.40. The minimum atomic E-state index is 0.765. The van der Waals surface area contributed by atoms with Crippen LogP contribution < -0.4 is 0 Å². The Bertz CT molecular complexity index is 312. The average Bonchev–Trinajstić information content (AvgIpc) is 2.85. The summed E-state index contributed by atoms with van der Waals surface area (Å²) in [6, 6.07) is 11.0. The smallest absolute Gasteiger partial charge is 0.00507 e. The van der Waals surface area contributed by atoms with Gasteiger partial charge in [0.15, 0.2) is 0 Å². The molecule has 0 N–H and O–H groups in total. The first-order chi connectivity index (χ1) is 8.40. The van der Waals surface area contributed by atoms with Gasteiger partial charge in [-0.2, -0.15) is 12.6 Å². The molecular formula is C15H23NS.